The van der Waals surface area contributed by atoms with Crippen LogP contribution in [0.2, 0.25) is 0 Å². The Morgan fingerprint density at radius 3 is 2.75 bits per heavy atom. The molecule has 2 aromatic carbocycles. The number of ether oxygens (including phenoxy) is 3. The normalized spacial score (nSPS) is 10.5. The van der Waals surface area contributed by atoms with Crippen LogP contribution in [0.5, 0.6) is 16.7 Å². The molecule has 0 radical (unpaired) electrons. The Morgan fingerprint density at radius 2 is 1.93 bits per heavy atom. The summed E-state index contributed by atoms with van der Waals surface area (Å²) < 4.78 is 20.3. The van der Waals surface area contributed by atoms with E-state index in [-0.39, 0.29) is 5.91 Å². The molecule has 0 spiro atoms. The van der Waals surface area contributed by atoms with Crippen LogP contribution < -0.4 is 14.8 Å². The van der Waals surface area contributed by atoms with E-state index in [0.717, 1.165) is 11.3 Å². The lowest BCUT2D eigenvalue weighted by molar-refractivity contribution is 0.0937. The molecule has 28 heavy (non-hydrogen) atoms. The van der Waals surface area contributed by atoms with E-state index >= 15 is 0 Å². The van der Waals surface area contributed by atoms with Crippen molar-refractivity contribution in [1.82, 2.24) is 14.7 Å². The van der Waals surface area contributed by atoms with E-state index in [0.29, 0.717) is 41.9 Å². The number of methoxy groups -OCH3 is 2. The molecule has 0 saturated heterocycles. The van der Waals surface area contributed by atoms with Crippen LogP contribution >= 0.6 is 11.5 Å². The third-order valence-corrected chi connectivity index (χ3v) is 4.47. The maximum atomic E-state index is 12.1. The standard InChI is InChI=1S/C20H21N3O4S/c1-25-10-9-21-19(24)15-6-4-8-17(13-15)27-20-22-18(23-28-20)12-14-5-3-7-16(11-14)26-2/h3-8,11,13H,9-10,12H2,1-2H3,(H,21,24). The van der Waals surface area contributed by atoms with Gasteiger partial charge in [0.25, 0.3) is 11.1 Å². The summed E-state index contributed by atoms with van der Waals surface area (Å²) >= 11 is 1.17. The molecule has 7 nitrogen and oxygen atoms in total. The van der Waals surface area contributed by atoms with E-state index in [1.165, 1.54) is 11.5 Å². The molecule has 0 aliphatic heterocycles. The fourth-order valence-electron chi connectivity index (χ4n) is 2.49. The van der Waals surface area contributed by atoms with Crippen LogP contribution in [0.4, 0.5) is 0 Å². The van der Waals surface area contributed by atoms with Crippen LogP contribution in [0.3, 0.4) is 0 Å². The first-order chi connectivity index (χ1) is 13.7. The summed E-state index contributed by atoms with van der Waals surface area (Å²) in [5, 5.41) is 3.20. The summed E-state index contributed by atoms with van der Waals surface area (Å²) in [7, 11) is 3.23. The van der Waals surface area contributed by atoms with Gasteiger partial charge in [-0.25, -0.2) is 0 Å². The summed E-state index contributed by atoms with van der Waals surface area (Å²) in [6.45, 7) is 0.910. The molecule has 1 aromatic heterocycles. The van der Waals surface area contributed by atoms with Crippen molar-refractivity contribution < 1.29 is 19.0 Å². The van der Waals surface area contributed by atoms with Crippen LogP contribution in [0.1, 0.15) is 21.7 Å². The third kappa shape index (κ3) is 5.51. The molecule has 0 atom stereocenters. The van der Waals surface area contributed by atoms with Gasteiger partial charge in [0.2, 0.25) is 0 Å². The maximum Gasteiger partial charge on any atom is 0.298 e. The Morgan fingerprint density at radius 1 is 1.11 bits per heavy atom. The zero-order chi connectivity index (χ0) is 19.8. The molecule has 0 aliphatic rings. The molecular formula is C20H21N3O4S. The molecule has 1 amide bonds. The number of nitrogens with zero attached hydrogens (tertiary/aromatic N) is 2. The van der Waals surface area contributed by atoms with Gasteiger partial charge in [-0.1, -0.05) is 18.2 Å². The van der Waals surface area contributed by atoms with Gasteiger partial charge in [0.15, 0.2) is 5.82 Å². The van der Waals surface area contributed by atoms with Gasteiger partial charge in [0.05, 0.1) is 13.7 Å². The Hall–Kier alpha value is -2.97. The average molecular weight is 399 g/mol. The van der Waals surface area contributed by atoms with E-state index in [1.54, 1.807) is 38.5 Å². The topological polar surface area (TPSA) is 82.6 Å². The molecule has 146 valence electrons. The van der Waals surface area contributed by atoms with Crippen molar-refractivity contribution in [3.8, 4) is 16.7 Å². The summed E-state index contributed by atoms with van der Waals surface area (Å²) in [6, 6.07) is 14.7. The minimum Gasteiger partial charge on any atom is -0.497 e. The fraction of sp³-hybridized carbons (Fsp3) is 0.250. The first-order valence-corrected chi connectivity index (χ1v) is 9.46. The lowest BCUT2D eigenvalue weighted by Gasteiger charge is -2.06. The van der Waals surface area contributed by atoms with Crippen LogP contribution in [0.25, 0.3) is 0 Å². The Kier molecular flexibility index (Phi) is 6.94. The van der Waals surface area contributed by atoms with Crippen molar-refractivity contribution in [3.63, 3.8) is 0 Å². The molecule has 1 heterocycles. The SMILES string of the molecule is COCCNC(=O)c1cccc(Oc2nc(Cc3cccc(OC)c3)ns2)c1. The van der Waals surface area contributed by atoms with Gasteiger partial charge >= 0.3 is 0 Å². The van der Waals surface area contributed by atoms with Gasteiger partial charge in [-0.15, -0.1) is 0 Å². The van der Waals surface area contributed by atoms with Gasteiger partial charge in [0, 0.05) is 37.2 Å². The number of hydrogen-bond donors (Lipinski definition) is 1. The third-order valence-electron chi connectivity index (χ3n) is 3.84. The van der Waals surface area contributed by atoms with Gasteiger partial charge in [-0.3, -0.25) is 4.79 Å². The lowest BCUT2D eigenvalue weighted by Crippen LogP contribution is -2.26. The quantitative estimate of drug-likeness (QED) is 0.556. The van der Waals surface area contributed by atoms with E-state index in [2.05, 4.69) is 14.7 Å². The number of hydrogen-bond acceptors (Lipinski definition) is 7. The number of benzene rings is 2. The smallest absolute Gasteiger partial charge is 0.298 e. The fourth-order valence-corrected chi connectivity index (χ4v) is 3.06. The largest absolute Gasteiger partial charge is 0.497 e. The van der Waals surface area contributed by atoms with E-state index < -0.39 is 0 Å². The van der Waals surface area contributed by atoms with Crippen molar-refractivity contribution in [3.05, 3.63) is 65.5 Å². The summed E-state index contributed by atoms with van der Waals surface area (Å²) in [4.78, 5) is 16.5. The summed E-state index contributed by atoms with van der Waals surface area (Å²) in [5.74, 6) is 1.81. The van der Waals surface area contributed by atoms with Gasteiger partial charge in [-0.2, -0.15) is 9.36 Å². The predicted molar refractivity (Wildman–Crippen MR) is 106 cm³/mol. The van der Waals surface area contributed by atoms with Crippen molar-refractivity contribution in [2.24, 2.45) is 0 Å². The second-order valence-electron chi connectivity index (χ2n) is 5.88. The number of carbonyl (C=O) groups is 1. The number of aromatic nitrogens is 2. The zero-order valence-electron chi connectivity index (χ0n) is 15.7. The Balaban J connectivity index is 1.63. The van der Waals surface area contributed by atoms with Gasteiger partial charge < -0.3 is 19.5 Å². The Labute approximate surface area is 167 Å². The minimum atomic E-state index is -0.182. The van der Waals surface area contributed by atoms with Crippen LogP contribution in [-0.2, 0) is 11.2 Å². The Bertz CT molecular complexity index is 929. The van der Waals surface area contributed by atoms with Gasteiger partial charge in [-0.05, 0) is 35.9 Å². The molecule has 0 saturated carbocycles. The van der Waals surface area contributed by atoms with Crippen LogP contribution in [-0.4, -0.2) is 42.6 Å². The lowest BCUT2D eigenvalue weighted by atomic mass is 10.1. The molecule has 8 heteroatoms. The average Bonchev–Trinajstić information content (AvgIpc) is 3.15. The molecular weight excluding hydrogens is 378 g/mol. The highest BCUT2D eigenvalue weighted by Crippen LogP contribution is 2.25. The zero-order valence-corrected chi connectivity index (χ0v) is 16.5. The summed E-state index contributed by atoms with van der Waals surface area (Å²) in [6.07, 6.45) is 0.582. The van der Waals surface area contributed by atoms with Crippen molar-refractivity contribution in [2.45, 2.75) is 6.42 Å². The van der Waals surface area contributed by atoms with Crippen molar-refractivity contribution in [2.75, 3.05) is 27.4 Å². The maximum absolute atomic E-state index is 12.1. The molecule has 0 unspecified atom stereocenters. The monoisotopic (exact) mass is 399 g/mol. The molecule has 0 bridgehead atoms. The minimum absolute atomic E-state index is 0.182. The second kappa shape index (κ2) is 9.82. The second-order valence-corrected chi connectivity index (χ2v) is 6.60. The predicted octanol–water partition coefficient (Wildman–Crippen LogP) is 3.31. The first-order valence-electron chi connectivity index (χ1n) is 8.68. The molecule has 0 fully saturated rings. The van der Waals surface area contributed by atoms with E-state index in [1.807, 2.05) is 24.3 Å². The highest BCUT2D eigenvalue weighted by atomic mass is 32.1. The molecule has 1 N–H and O–H groups in total. The number of amides is 1. The molecule has 3 aromatic rings. The number of nitrogens with one attached hydrogen (secondary N) is 1. The highest BCUT2D eigenvalue weighted by molar-refractivity contribution is 7.07. The van der Waals surface area contributed by atoms with E-state index in [9.17, 15) is 4.79 Å². The van der Waals surface area contributed by atoms with Gasteiger partial charge in [0.1, 0.15) is 11.5 Å². The van der Waals surface area contributed by atoms with Crippen LogP contribution in [0, 0.1) is 0 Å². The molecule has 3 rings (SSSR count). The van der Waals surface area contributed by atoms with Crippen molar-refractivity contribution in [1.29, 1.82) is 0 Å². The highest BCUT2D eigenvalue weighted by Gasteiger charge is 2.10. The number of rotatable bonds is 9. The van der Waals surface area contributed by atoms with Crippen molar-refractivity contribution >= 4 is 17.4 Å². The first kappa shape index (κ1) is 19.8. The number of carbonyl (C=O) groups excluding carboxylic acids is 1. The molecule has 0 aliphatic carbocycles. The van der Waals surface area contributed by atoms with Crippen LogP contribution in [0.15, 0.2) is 48.5 Å². The summed E-state index contributed by atoms with van der Waals surface area (Å²) in [5.41, 5.74) is 1.56. The van der Waals surface area contributed by atoms with E-state index in [4.69, 9.17) is 14.2 Å².